The molecule has 0 atom stereocenters. The van der Waals surface area contributed by atoms with Gasteiger partial charge in [-0.15, -0.1) is 0 Å². The predicted molar refractivity (Wildman–Crippen MR) is 142 cm³/mol. The van der Waals surface area contributed by atoms with E-state index in [2.05, 4.69) is 20.3 Å². The van der Waals surface area contributed by atoms with Crippen LogP contribution in [0.1, 0.15) is 31.2 Å². The molecule has 9 heteroatoms. The van der Waals surface area contributed by atoms with Gasteiger partial charge in [0, 0.05) is 34.5 Å². The van der Waals surface area contributed by atoms with Crippen molar-refractivity contribution >= 4 is 49.6 Å². The van der Waals surface area contributed by atoms with Crippen molar-refractivity contribution in [1.82, 2.24) is 15.0 Å². The molecule has 1 fully saturated rings. The molecule has 2 heterocycles. The highest BCUT2D eigenvalue weighted by Gasteiger charge is 2.21. The fourth-order valence-electron chi connectivity index (χ4n) is 4.57. The Hall–Kier alpha value is -3.49. The average molecular weight is 521 g/mol. The molecule has 0 unspecified atom stereocenters. The van der Waals surface area contributed by atoms with E-state index >= 15 is 0 Å². The van der Waals surface area contributed by atoms with Gasteiger partial charge in [0.05, 0.1) is 28.0 Å². The van der Waals surface area contributed by atoms with Gasteiger partial charge < -0.3 is 10.3 Å². The number of allylic oxidation sites excluding steroid dienone is 1. The molecular weight excluding hydrogens is 496 g/mol. The van der Waals surface area contributed by atoms with Crippen molar-refractivity contribution in [3.63, 3.8) is 0 Å². The van der Waals surface area contributed by atoms with Crippen molar-refractivity contribution in [1.29, 1.82) is 0 Å². The number of halogens is 1. The summed E-state index contributed by atoms with van der Waals surface area (Å²) in [5.74, 6) is 0.249. The van der Waals surface area contributed by atoms with E-state index in [0.717, 1.165) is 48.4 Å². The van der Waals surface area contributed by atoms with Crippen LogP contribution in [-0.4, -0.2) is 35.5 Å². The van der Waals surface area contributed by atoms with Crippen LogP contribution in [-0.2, 0) is 14.6 Å². The molecule has 0 saturated heterocycles. The first-order valence-electron chi connectivity index (χ1n) is 11.7. The first-order chi connectivity index (χ1) is 17.3. The molecule has 0 aliphatic heterocycles. The molecule has 1 saturated carbocycles. The first-order valence-corrected chi connectivity index (χ1v) is 14.0. The highest BCUT2D eigenvalue weighted by atomic mass is 35.5. The van der Waals surface area contributed by atoms with Gasteiger partial charge in [0.2, 0.25) is 0 Å². The first kappa shape index (κ1) is 24.2. The van der Waals surface area contributed by atoms with Gasteiger partial charge in [0.15, 0.2) is 15.7 Å². The van der Waals surface area contributed by atoms with E-state index in [1.54, 1.807) is 12.3 Å². The van der Waals surface area contributed by atoms with Gasteiger partial charge in [-0.2, -0.15) is 0 Å². The monoisotopic (exact) mass is 520 g/mol. The van der Waals surface area contributed by atoms with Crippen molar-refractivity contribution < 1.29 is 13.2 Å². The minimum absolute atomic E-state index is 0.0350. The molecule has 1 amide bonds. The van der Waals surface area contributed by atoms with E-state index in [0.29, 0.717) is 22.6 Å². The van der Waals surface area contributed by atoms with Gasteiger partial charge in [-0.1, -0.05) is 42.7 Å². The summed E-state index contributed by atoms with van der Waals surface area (Å²) in [6, 6.07) is 12.6. The van der Waals surface area contributed by atoms with Crippen molar-refractivity contribution in [2.24, 2.45) is 5.92 Å². The number of carbonyl (C=O) groups excluding carboxylic acids is 1. The second-order valence-electron chi connectivity index (χ2n) is 9.06. The minimum atomic E-state index is -3.48. The Bertz CT molecular complexity index is 1570. The predicted octanol–water partition coefficient (Wildman–Crippen LogP) is 5.89. The zero-order valence-electron chi connectivity index (χ0n) is 19.7. The molecular formula is C27H25ClN4O3S. The Balaban J connectivity index is 1.41. The number of H-pyrrole nitrogens is 1. The zero-order chi connectivity index (χ0) is 25.3. The fraction of sp³-hybridized carbons (Fsp3) is 0.222. The summed E-state index contributed by atoms with van der Waals surface area (Å²) in [6.45, 7) is 0. The molecule has 0 bridgehead atoms. The lowest BCUT2D eigenvalue weighted by Crippen LogP contribution is -2.16. The third-order valence-corrected chi connectivity index (χ3v) is 8.01. The van der Waals surface area contributed by atoms with Crippen LogP contribution in [0, 0.1) is 5.92 Å². The summed E-state index contributed by atoms with van der Waals surface area (Å²) in [5.41, 5.74) is 3.66. The largest absolute Gasteiger partial charge is 0.361 e. The average Bonchev–Trinajstić information content (AvgIpc) is 3.53. The SMILES string of the molecule is CS(=O)(=O)c1ccc(/C(=C\C2CCCC2)C(=O)Nc2cnc(-c3ccc4[nH]ccc4c3)cn2)cc1Cl. The highest BCUT2D eigenvalue weighted by molar-refractivity contribution is 7.90. The van der Waals surface area contributed by atoms with E-state index < -0.39 is 9.84 Å². The van der Waals surface area contributed by atoms with Gasteiger partial charge in [-0.3, -0.25) is 9.78 Å². The van der Waals surface area contributed by atoms with E-state index in [9.17, 15) is 13.2 Å². The zero-order valence-corrected chi connectivity index (χ0v) is 21.2. The van der Waals surface area contributed by atoms with Crippen LogP contribution < -0.4 is 5.32 Å². The van der Waals surface area contributed by atoms with Gasteiger partial charge in [0.1, 0.15) is 0 Å². The summed E-state index contributed by atoms with van der Waals surface area (Å²) < 4.78 is 23.9. The third-order valence-electron chi connectivity index (χ3n) is 6.43. The molecule has 7 nitrogen and oxygen atoms in total. The Morgan fingerprint density at radius 2 is 1.89 bits per heavy atom. The van der Waals surface area contributed by atoms with Crippen LogP contribution >= 0.6 is 11.6 Å². The van der Waals surface area contributed by atoms with E-state index in [1.807, 2.05) is 36.5 Å². The smallest absolute Gasteiger partial charge is 0.257 e. The fourth-order valence-corrected chi connectivity index (χ4v) is 5.90. The molecule has 5 rings (SSSR count). The summed E-state index contributed by atoms with van der Waals surface area (Å²) in [7, 11) is -3.48. The van der Waals surface area contributed by atoms with Crippen LogP contribution in [0.3, 0.4) is 0 Å². The van der Waals surface area contributed by atoms with Crippen LogP contribution in [0.5, 0.6) is 0 Å². The number of nitrogens with zero attached hydrogens (tertiary/aromatic N) is 2. The number of aromatic amines is 1. The Kier molecular flexibility index (Phi) is 6.64. The second kappa shape index (κ2) is 9.87. The molecule has 184 valence electrons. The van der Waals surface area contributed by atoms with E-state index in [1.165, 1.54) is 18.3 Å². The Labute approximate surface area is 214 Å². The van der Waals surface area contributed by atoms with Crippen molar-refractivity contribution in [2.45, 2.75) is 30.6 Å². The number of aromatic nitrogens is 3. The number of sulfone groups is 1. The van der Waals surface area contributed by atoms with Crippen molar-refractivity contribution in [3.05, 3.63) is 77.7 Å². The maximum Gasteiger partial charge on any atom is 0.257 e. The molecule has 2 aromatic carbocycles. The number of benzene rings is 2. The third kappa shape index (κ3) is 5.20. The number of hydrogen-bond donors (Lipinski definition) is 2. The normalized spacial score (nSPS) is 14.9. The standard InChI is InChI=1S/C27H25ClN4O3S/c1-36(34,35)25-9-7-18(14-22(25)28)21(12-17-4-2-3-5-17)27(33)32-26-16-30-24(15-31-26)19-6-8-23-20(13-19)10-11-29-23/h6-17,29H,2-5H2,1H3,(H,31,32,33)/b21-12+. The summed E-state index contributed by atoms with van der Waals surface area (Å²) in [4.78, 5) is 25.4. The molecule has 36 heavy (non-hydrogen) atoms. The molecule has 1 aliphatic rings. The van der Waals surface area contributed by atoms with Crippen LogP contribution in [0.25, 0.3) is 27.7 Å². The molecule has 1 aliphatic carbocycles. The number of amides is 1. The molecule has 4 aromatic rings. The van der Waals surface area contributed by atoms with Gasteiger partial charge in [0.25, 0.3) is 5.91 Å². The second-order valence-corrected chi connectivity index (χ2v) is 11.5. The summed E-state index contributed by atoms with van der Waals surface area (Å²) in [6.07, 6.45) is 12.4. The van der Waals surface area contributed by atoms with Crippen LogP contribution in [0.15, 0.2) is 72.0 Å². The van der Waals surface area contributed by atoms with Gasteiger partial charge in [-0.05, 0) is 54.7 Å². The number of rotatable bonds is 6. The maximum absolute atomic E-state index is 13.4. The minimum Gasteiger partial charge on any atom is -0.361 e. The molecule has 2 N–H and O–H groups in total. The quantitative estimate of drug-likeness (QED) is 0.308. The number of nitrogens with one attached hydrogen (secondary N) is 2. The topological polar surface area (TPSA) is 105 Å². The number of hydrogen-bond acceptors (Lipinski definition) is 5. The number of carbonyl (C=O) groups is 1. The number of fused-ring (bicyclic) bond motifs is 1. The summed E-state index contributed by atoms with van der Waals surface area (Å²) in [5, 5.41) is 4.00. The maximum atomic E-state index is 13.4. The Morgan fingerprint density at radius 1 is 1.08 bits per heavy atom. The molecule has 2 aromatic heterocycles. The van der Waals surface area contributed by atoms with Gasteiger partial charge >= 0.3 is 0 Å². The number of anilines is 1. The van der Waals surface area contributed by atoms with Gasteiger partial charge in [-0.25, -0.2) is 13.4 Å². The van der Waals surface area contributed by atoms with Crippen molar-refractivity contribution in [3.8, 4) is 11.3 Å². The van der Waals surface area contributed by atoms with E-state index in [4.69, 9.17) is 11.6 Å². The lowest BCUT2D eigenvalue weighted by Gasteiger charge is -2.13. The molecule has 0 spiro atoms. The van der Waals surface area contributed by atoms with Crippen LogP contribution in [0.4, 0.5) is 5.82 Å². The Morgan fingerprint density at radius 3 is 2.58 bits per heavy atom. The highest BCUT2D eigenvalue weighted by Crippen LogP contribution is 2.32. The lowest BCUT2D eigenvalue weighted by molar-refractivity contribution is -0.111. The molecule has 0 radical (unpaired) electrons. The summed E-state index contributed by atoms with van der Waals surface area (Å²) >= 11 is 6.28. The van der Waals surface area contributed by atoms with E-state index in [-0.39, 0.29) is 21.7 Å². The van der Waals surface area contributed by atoms with Crippen molar-refractivity contribution in [2.75, 3.05) is 11.6 Å². The lowest BCUT2D eigenvalue weighted by atomic mass is 9.98. The van der Waals surface area contributed by atoms with Crippen LogP contribution in [0.2, 0.25) is 5.02 Å².